The van der Waals surface area contributed by atoms with Crippen LogP contribution in [0.4, 0.5) is 4.39 Å². The Morgan fingerprint density at radius 2 is 2.07 bits per heavy atom. The fourth-order valence-electron chi connectivity index (χ4n) is 3.30. The van der Waals surface area contributed by atoms with E-state index in [0.717, 1.165) is 16.7 Å². The summed E-state index contributed by atoms with van der Waals surface area (Å²) in [6, 6.07) is 12.8. The van der Waals surface area contributed by atoms with Gasteiger partial charge in [-0.1, -0.05) is 24.3 Å². The van der Waals surface area contributed by atoms with Gasteiger partial charge in [0.15, 0.2) is 0 Å². The topological polar surface area (TPSA) is 73.2 Å². The van der Waals surface area contributed by atoms with Crippen molar-refractivity contribution in [2.45, 2.75) is 19.0 Å². The molecule has 1 fully saturated rings. The second-order valence-electron chi connectivity index (χ2n) is 7.02. The van der Waals surface area contributed by atoms with Crippen LogP contribution in [0.1, 0.15) is 27.9 Å². The number of amides is 1. The Balaban J connectivity index is 1.61. The van der Waals surface area contributed by atoms with Crippen LogP contribution in [0, 0.1) is 5.82 Å². The Morgan fingerprint density at radius 1 is 1.23 bits per heavy atom. The number of allylic oxidation sites excluding steroid dienone is 1. The minimum Gasteiger partial charge on any atom is -0.464 e. The molecule has 0 saturated carbocycles. The van der Waals surface area contributed by atoms with E-state index in [9.17, 15) is 14.0 Å². The number of halogens is 1. The Hall–Kier alpha value is -3.74. The number of nitrogens with zero attached hydrogens (tertiary/aromatic N) is 2. The van der Waals surface area contributed by atoms with Crippen molar-refractivity contribution in [3.63, 3.8) is 0 Å². The molecule has 1 aliphatic heterocycles. The first-order valence-electron chi connectivity index (χ1n) is 9.58. The number of carbonyl (C=O) groups is 2. The number of cyclic esters (lactones) is 1. The number of esters is 1. The van der Waals surface area contributed by atoms with Gasteiger partial charge in [0.1, 0.15) is 11.9 Å². The number of nitrogens with one attached hydrogen (secondary N) is 1. The summed E-state index contributed by atoms with van der Waals surface area (Å²) in [6.45, 7) is 0.859. The van der Waals surface area contributed by atoms with Gasteiger partial charge in [-0.15, -0.1) is 0 Å². The molecule has 7 heteroatoms. The maximum absolute atomic E-state index is 13.4. The highest BCUT2D eigenvalue weighted by Gasteiger charge is 2.28. The van der Waals surface area contributed by atoms with Gasteiger partial charge in [0.05, 0.1) is 12.9 Å². The zero-order valence-electron chi connectivity index (χ0n) is 16.1. The van der Waals surface area contributed by atoms with Crippen LogP contribution in [-0.4, -0.2) is 34.1 Å². The van der Waals surface area contributed by atoms with E-state index in [2.05, 4.69) is 10.3 Å². The average Bonchev–Trinajstić information content (AvgIpc) is 3.40. The molecule has 4 rings (SSSR count). The predicted molar refractivity (Wildman–Crippen MR) is 110 cm³/mol. The quantitative estimate of drug-likeness (QED) is 0.505. The Morgan fingerprint density at radius 3 is 2.77 bits per heavy atom. The maximum atomic E-state index is 13.4. The predicted octanol–water partition coefficient (Wildman–Crippen LogP) is 3.31. The number of hydrogen-bond donors (Lipinski definition) is 1. The number of hydrogen-bond acceptors (Lipinski definition) is 4. The van der Waals surface area contributed by atoms with Crippen LogP contribution in [0.2, 0.25) is 0 Å². The van der Waals surface area contributed by atoms with Crippen molar-refractivity contribution >= 4 is 23.5 Å². The van der Waals surface area contributed by atoms with Crippen molar-refractivity contribution in [2.75, 3.05) is 6.61 Å². The van der Waals surface area contributed by atoms with E-state index in [-0.39, 0.29) is 11.7 Å². The fraction of sp³-hybridized carbons (Fsp3) is 0.174. The number of imidazole rings is 1. The van der Waals surface area contributed by atoms with Crippen molar-refractivity contribution < 1.29 is 18.7 Å². The first kappa shape index (κ1) is 19.6. The summed E-state index contributed by atoms with van der Waals surface area (Å²) in [5, 5.41) is 2.71. The molecule has 30 heavy (non-hydrogen) atoms. The Kier molecular flexibility index (Phi) is 5.70. The monoisotopic (exact) mass is 405 g/mol. The third kappa shape index (κ3) is 4.63. The SMILES string of the molecule is O=C(N[C@H]1CCOC1=O)c1cccc(/C=C(/Cn2ccnc2)c2ccc(F)cc2)c1. The van der Waals surface area contributed by atoms with E-state index in [0.29, 0.717) is 25.1 Å². The molecule has 0 spiro atoms. The van der Waals surface area contributed by atoms with E-state index in [1.54, 1.807) is 42.9 Å². The van der Waals surface area contributed by atoms with Gasteiger partial charge < -0.3 is 14.6 Å². The molecule has 0 radical (unpaired) electrons. The van der Waals surface area contributed by atoms with E-state index in [1.807, 2.05) is 22.9 Å². The largest absolute Gasteiger partial charge is 0.464 e. The third-order valence-electron chi connectivity index (χ3n) is 4.86. The molecular formula is C23H20FN3O3. The molecule has 1 aliphatic rings. The second kappa shape index (κ2) is 8.73. The molecule has 1 amide bonds. The molecule has 1 aromatic heterocycles. The molecule has 1 saturated heterocycles. The fourth-order valence-corrected chi connectivity index (χ4v) is 3.30. The van der Waals surface area contributed by atoms with Crippen LogP contribution in [0.5, 0.6) is 0 Å². The van der Waals surface area contributed by atoms with Gasteiger partial charge in [0.2, 0.25) is 0 Å². The standard InChI is InChI=1S/C23H20FN3O3/c24-20-6-4-17(5-7-20)19(14-27-10-9-25-15-27)13-16-2-1-3-18(12-16)22(28)26-21-8-11-30-23(21)29/h1-7,9-10,12-13,15,21H,8,11,14H2,(H,26,28)/b19-13-/t21-/m0/s1. The van der Waals surface area contributed by atoms with Crippen molar-refractivity contribution in [2.24, 2.45) is 0 Å². The maximum Gasteiger partial charge on any atom is 0.328 e. The summed E-state index contributed by atoms with van der Waals surface area (Å²) in [4.78, 5) is 28.2. The average molecular weight is 405 g/mol. The van der Waals surface area contributed by atoms with Crippen LogP contribution >= 0.6 is 0 Å². The van der Waals surface area contributed by atoms with Crippen LogP contribution in [0.25, 0.3) is 11.6 Å². The summed E-state index contributed by atoms with van der Waals surface area (Å²) >= 11 is 0. The van der Waals surface area contributed by atoms with Gasteiger partial charge >= 0.3 is 5.97 Å². The third-order valence-corrected chi connectivity index (χ3v) is 4.86. The minimum atomic E-state index is -0.604. The molecule has 2 heterocycles. The molecule has 0 bridgehead atoms. The lowest BCUT2D eigenvalue weighted by molar-refractivity contribution is -0.139. The molecule has 152 valence electrons. The summed E-state index contributed by atoms with van der Waals surface area (Å²) in [5.41, 5.74) is 3.07. The van der Waals surface area contributed by atoms with Crippen molar-refractivity contribution in [1.29, 1.82) is 0 Å². The lowest BCUT2D eigenvalue weighted by atomic mass is 10.0. The molecule has 6 nitrogen and oxygen atoms in total. The number of rotatable bonds is 6. The van der Waals surface area contributed by atoms with Crippen LogP contribution < -0.4 is 5.32 Å². The number of aromatic nitrogens is 2. The van der Waals surface area contributed by atoms with E-state index < -0.39 is 12.0 Å². The number of carbonyl (C=O) groups excluding carboxylic acids is 2. The summed E-state index contributed by atoms with van der Waals surface area (Å²) < 4.78 is 20.2. The highest BCUT2D eigenvalue weighted by molar-refractivity contribution is 5.97. The van der Waals surface area contributed by atoms with Gasteiger partial charge in [-0.2, -0.15) is 0 Å². The van der Waals surface area contributed by atoms with E-state index >= 15 is 0 Å². The smallest absolute Gasteiger partial charge is 0.328 e. The minimum absolute atomic E-state index is 0.301. The molecule has 3 aromatic rings. The van der Waals surface area contributed by atoms with Crippen LogP contribution in [-0.2, 0) is 16.1 Å². The highest BCUT2D eigenvalue weighted by Crippen LogP contribution is 2.22. The molecule has 1 N–H and O–H groups in total. The molecular weight excluding hydrogens is 385 g/mol. The van der Waals surface area contributed by atoms with Crippen molar-refractivity contribution in [1.82, 2.24) is 14.9 Å². The van der Waals surface area contributed by atoms with Crippen molar-refractivity contribution in [3.05, 3.63) is 89.8 Å². The second-order valence-corrected chi connectivity index (χ2v) is 7.02. The zero-order valence-corrected chi connectivity index (χ0v) is 16.1. The first-order valence-corrected chi connectivity index (χ1v) is 9.58. The number of benzene rings is 2. The van der Waals surface area contributed by atoms with Gasteiger partial charge in [-0.05, 0) is 47.0 Å². The van der Waals surface area contributed by atoms with Gasteiger partial charge in [-0.3, -0.25) is 4.79 Å². The van der Waals surface area contributed by atoms with E-state index in [1.165, 1.54) is 12.1 Å². The lowest BCUT2D eigenvalue weighted by Crippen LogP contribution is -2.37. The molecule has 0 aliphatic carbocycles. The van der Waals surface area contributed by atoms with Gasteiger partial charge in [-0.25, -0.2) is 14.2 Å². The van der Waals surface area contributed by atoms with Gasteiger partial charge in [0, 0.05) is 30.9 Å². The zero-order chi connectivity index (χ0) is 20.9. The molecule has 1 atom stereocenters. The highest BCUT2D eigenvalue weighted by atomic mass is 19.1. The lowest BCUT2D eigenvalue weighted by Gasteiger charge is -2.11. The van der Waals surface area contributed by atoms with Gasteiger partial charge in [0.25, 0.3) is 5.91 Å². The summed E-state index contributed by atoms with van der Waals surface area (Å²) in [6.07, 6.45) is 7.68. The number of ether oxygens (including phenoxy) is 1. The Labute approximate surface area is 173 Å². The summed E-state index contributed by atoms with van der Waals surface area (Å²) in [5.74, 6) is -1.03. The Bertz CT molecular complexity index is 1080. The van der Waals surface area contributed by atoms with Crippen LogP contribution in [0.3, 0.4) is 0 Å². The first-order chi connectivity index (χ1) is 14.6. The van der Waals surface area contributed by atoms with Crippen LogP contribution in [0.15, 0.2) is 67.3 Å². The van der Waals surface area contributed by atoms with E-state index in [4.69, 9.17) is 4.74 Å². The molecule has 2 aromatic carbocycles. The normalized spacial score (nSPS) is 16.4. The molecule has 0 unspecified atom stereocenters. The van der Waals surface area contributed by atoms with Crippen molar-refractivity contribution in [3.8, 4) is 0 Å². The summed E-state index contributed by atoms with van der Waals surface area (Å²) in [7, 11) is 0.